The van der Waals surface area contributed by atoms with E-state index in [0.717, 1.165) is 12.8 Å². The number of carbonyl (C=O) groups is 4. The molecule has 3 aliphatic carbocycles. The molecule has 32 heavy (non-hydrogen) atoms. The van der Waals surface area contributed by atoms with Gasteiger partial charge in [-0.1, -0.05) is 24.3 Å². The Balaban J connectivity index is 1.34. The van der Waals surface area contributed by atoms with Crippen molar-refractivity contribution in [2.45, 2.75) is 50.8 Å². The Labute approximate surface area is 186 Å². The number of carbonyl (C=O) groups excluding carboxylic acids is 4. The fraction of sp³-hybridized carbons (Fsp3) is 0.500. The number of piperidine rings is 1. The van der Waals surface area contributed by atoms with Gasteiger partial charge in [0.25, 0.3) is 0 Å². The summed E-state index contributed by atoms with van der Waals surface area (Å²) < 4.78 is 5.60. The first-order valence-electron chi connectivity index (χ1n) is 11.2. The van der Waals surface area contributed by atoms with Crippen molar-refractivity contribution in [3.8, 4) is 0 Å². The van der Waals surface area contributed by atoms with Crippen LogP contribution in [0.3, 0.4) is 0 Å². The molecule has 1 aliphatic heterocycles. The molecule has 1 heterocycles. The van der Waals surface area contributed by atoms with Crippen LogP contribution in [0.2, 0.25) is 0 Å². The van der Waals surface area contributed by atoms with Crippen LogP contribution in [0.15, 0.2) is 47.8 Å². The van der Waals surface area contributed by atoms with Crippen molar-refractivity contribution in [3.05, 3.63) is 47.8 Å². The van der Waals surface area contributed by atoms with Crippen LogP contribution in [0.4, 0.5) is 0 Å². The van der Waals surface area contributed by atoms with Gasteiger partial charge in [-0.3, -0.25) is 29.8 Å². The zero-order valence-electron chi connectivity index (χ0n) is 17.8. The van der Waals surface area contributed by atoms with Gasteiger partial charge in [-0.2, -0.15) is 0 Å². The Morgan fingerprint density at radius 1 is 1.19 bits per heavy atom. The zero-order valence-corrected chi connectivity index (χ0v) is 17.8. The number of aliphatic hydroxyl groups excluding tert-OH is 1. The first-order chi connectivity index (χ1) is 15.4. The lowest BCUT2D eigenvalue weighted by Crippen LogP contribution is -2.46. The number of ketones is 2. The van der Waals surface area contributed by atoms with E-state index in [1.165, 1.54) is 0 Å². The molecule has 0 aromatic carbocycles. The van der Waals surface area contributed by atoms with Crippen LogP contribution in [0, 0.1) is 17.8 Å². The average molecular weight is 440 g/mol. The van der Waals surface area contributed by atoms with Crippen molar-refractivity contribution in [3.63, 3.8) is 0 Å². The van der Waals surface area contributed by atoms with Crippen molar-refractivity contribution < 1.29 is 29.0 Å². The highest BCUT2D eigenvalue weighted by atomic mass is 16.5. The predicted octanol–water partition coefficient (Wildman–Crippen LogP) is 1.23. The van der Waals surface area contributed by atoms with Crippen molar-refractivity contribution in [2.24, 2.45) is 17.8 Å². The number of hydrogen-bond donors (Lipinski definition) is 3. The Kier molecular flexibility index (Phi) is 6.81. The van der Waals surface area contributed by atoms with Crippen molar-refractivity contribution in [1.29, 1.82) is 0 Å². The monoisotopic (exact) mass is 440 g/mol. The van der Waals surface area contributed by atoms with Crippen molar-refractivity contribution >= 4 is 23.4 Å². The third-order valence-electron chi connectivity index (χ3n) is 6.45. The lowest BCUT2D eigenvalue weighted by Gasteiger charge is -2.27. The van der Waals surface area contributed by atoms with E-state index in [0.29, 0.717) is 24.2 Å². The molecule has 4 unspecified atom stereocenters. The first-order valence-corrected chi connectivity index (χ1v) is 11.2. The lowest BCUT2D eigenvalue weighted by atomic mass is 9.86. The fourth-order valence-corrected chi connectivity index (χ4v) is 4.75. The Morgan fingerprint density at radius 2 is 2.03 bits per heavy atom. The minimum atomic E-state index is -1.01. The van der Waals surface area contributed by atoms with Crippen molar-refractivity contribution in [2.75, 3.05) is 6.61 Å². The van der Waals surface area contributed by atoms with E-state index in [4.69, 9.17) is 4.74 Å². The maximum atomic E-state index is 13.1. The first kappa shape index (κ1) is 22.4. The largest absolute Gasteiger partial charge is 0.490 e. The van der Waals surface area contributed by atoms with Crippen molar-refractivity contribution in [1.82, 2.24) is 10.6 Å². The number of nitrogens with one attached hydrogen (secondary N) is 2. The highest BCUT2D eigenvalue weighted by Gasteiger charge is 2.49. The Bertz CT molecular complexity index is 931. The van der Waals surface area contributed by atoms with E-state index in [1.54, 1.807) is 18.2 Å². The molecule has 0 aromatic rings. The van der Waals surface area contributed by atoms with E-state index >= 15 is 0 Å². The lowest BCUT2D eigenvalue weighted by molar-refractivity contribution is -0.137. The molecule has 2 amide bonds. The molecule has 0 radical (unpaired) electrons. The number of imide groups is 1. The van der Waals surface area contributed by atoms with E-state index in [2.05, 4.69) is 10.6 Å². The van der Waals surface area contributed by atoms with Crippen LogP contribution in [-0.4, -0.2) is 47.4 Å². The topological polar surface area (TPSA) is 122 Å². The van der Waals surface area contributed by atoms with Gasteiger partial charge in [0.15, 0.2) is 11.6 Å². The number of amides is 2. The van der Waals surface area contributed by atoms with E-state index < -0.39 is 24.1 Å². The van der Waals surface area contributed by atoms with Gasteiger partial charge >= 0.3 is 0 Å². The minimum absolute atomic E-state index is 0.0212. The summed E-state index contributed by atoms with van der Waals surface area (Å²) in [7, 11) is 0. The molecule has 4 rings (SSSR count). The highest BCUT2D eigenvalue weighted by molar-refractivity contribution is 6.21. The molecule has 2 fully saturated rings. The molecule has 3 N–H and O–H groups in total. The summed E-state index contributed by atoms with van der Waals surface area (Å²) in [5.74, 6) is -2.14. The molecule has 8 heteroatoms. The SMILES string of the molecule is O=C1CCC(CC[C@@H]2C(=O)C3=CC=CC(NC(O)COC4=CCCC=C4)C3C2=O)C(=O)N1. The van der Waals surface area contributed by atoms with Crippen LogP contribution in [-0.2, 0) is 23.9 Å². The average Bonchev–Trinajstić information content (AvgIpc) is 3.03. The number of allylic oxidation sites excluding steroid dienone is 5. The van der Waals surface area contributed by atoms with Gasteiger partial charge in [0.1, 0.15) is 18.6 Å². The van der Waals surface area contributed by atoms with E-state index in [1.807, 2.05) is 18.2 Å². The summed E-state index contributed by atoms with van der Waals surface area (Å²) in [4.78, 5) is 49.4. The molecule has 0 aromatic heterocycles. The number of hydrogen-bond acceptors (Lipinski definition) is 7. The van der Waals surface area contributed by atoms with Crippen LogP contribution < -0.4 is 10.6 Å². The van der Waals surface area contributed by atoms with Gasteiger partial charge in [0.2, 0.25) is 11.8 Å². The van der Waals surface area contributed by atoms with Gasteiger partial charge in [-0.25, -0.2) is 0 Å². The Morgan fingerprint density at radius 3 is 2.78 bits per heavy atom. The molecule has 5 atom stereocenters. The summed E-state index contributed by atoms with van der Waals surface area (Å²) in [5.41, 5.74) is 0.439. The predicted molar refractivity (Wildman–Crippen MR) is 115 cm³/mol. The zero-order chi connectivity index (χ0) is 22.7. The van der Waals surface area contributed by atoms with E-state index in [-0.39, 0.29) is 48.7 Å². The third kappa shape index (κ3) is 4.81. The van der Waals surface area contributed by atoms with Crippen LogP contribution in [0.1, 0.15) is 38.5 Å². The van der Waals surface area contributed by atoms with Crippen LogP contribution in [0.5, 0.6) is 0 Å². The maximum Gasteiger partial charge on any atom is 0.229 e. The Hall–Kier alpha value is -2.84. The molecule has 170 valence electrons. The molecule has 0 bridgehead atoms. The second kappa shape index (κ2) is 9.75. The summed E-state index contributed by atoms with van der Waals surface area (Å²) in [6.45, 7) is 0.0212. The molecular weight excluding hydrogens is 412 g/mol. The quantitative estimate of drug-likeness (QED) is 0.295. The smallest absolute Gasteiger partial charge is 0.229 e. The molecular formula is C24H28N2O6. The standard InChI is InChI=1S/C24H28N2O6/c27-19-12-10-14(24(31)26-19)9-11-17-22(29)16-7-4-8-18(21(16)23(17)30)25-20(28)13-32-15-5-2-1-3-6-15/h2,4-8,14,17-18,20-21,25,28H,1,3,9-13H2,(H,26,27,31)/t14?,17-,18?,20?,21?/m1/s1. The van der Waals surface area contributed by atoms with Gasteiger partial charge in [-0.05, 0) is 44.3 Å². The van der Waals surface area contributed by atoms with Gasteiger partial charge in [0, 0.05) is 24.0 Å². The molecule has 8 nitrogen and oxygen atoms in total. The maximum absolute atomic E-state index is 13.1. The normalized spacial score (nSPS) is 30.5. The second-order valence-electron chi connectivity index (χ2n) is 8.63. The van der Waals surface area contributed by atoms with Gasteiger partial charge < -0.3 is 9.84 Å². The molecule has 4 aliphatic rings. The van der Waals surface area contributed by atoms with Gasteiger partial charge in [0.05, 0.1) is 11.8 Å². The molecule has 1 saturated heterocycles. The third-order valence-corrected chi connectivity index (χ3v) is 6.45. The second-order valence-corrected chi connectivity index (χ2v) is 8.63. The summed E-state index contributed by atoms with van der Waals surface area (Å²) in [6, 6.07) is -0.512. The van der Waals surface area contributed by atoms with Crippen LogP contribution >= 0.6 is 0 Å². The number of rotatable bonds is 8. The number of fused-ring (bicyclic) bond motifs is 1. The number of aliphatic hydroxyl groups is 1. The minimum Gasteiger partial charge on any atom is -0.490 e. The van der Waals surface area contributed by atoms with Gasteiger partial charge in [-0.15, -0.1) is 0 Å². The summed E-state index contributed by atoms with van der Waals surface area (Å²) in [5, 5.41) is 15.7. The number of ether oxygens (including phenoxy) is 1. The van der Waals surface area contributed by atoms with E-state index in [9.17, 15) is 24.3 Å². The highest BCUT2D eigenvalue weighted by Crippen LogP contribution is 2.38. The number of Topliss-reactive ketones (excluding diaryl/α,β-unsaturated/α-hetero) is 2. The fourth-order valence-electron chi connectivity index (χ4n) is 4.75. The molecule has 0 spiro atoms. The van der Waals surface area contributed by atoms with Crippen LogP contribution in [0.25, 0.3) is 0 Å². The summed E-state index contributed by atoms with van der Waals surface area (Å²) in [6.07, 6.45) is 13.2. The summed E-state index contributed by atoms with van der Waals surface area (Å²) >= 11 is 0. The molecule has 1 saturated carbocycles.